The lowest BCUT2D eigenvalue weighted by atomic mass is 10.2. The zero-order valence-electron chi connectivity index (χ0n) is 18.8. The molecule has 0 aliphatic carbocycles. The minimum absolute atomic E-state index is 0.0914. The van der Waals surface area contributed by atoms with Crippen molar-refractivity contribution in [2.24, 2.45) is 0 Å². The van der Waals surface area contributed by atoms with Crippen molar-refractivity contribution in [1.29, 1.82) is 0 Å². The molecule has 10 heteroatoms. The van der Waals surface area contributed by atoms with Crippen LogP contribution in [-0.4, -0.2) is 16.0 Å². The number of nitrogens with zero attached hydrogens (tertiary/aromatic N) is 1. The number of amides is 1. The van der Waals surface area contributed by atoms with Crippen molar-refractivity contribution < 1.29 is 18.0 Å². The number of aromatic nitrogens is 1. The Morgan fingerprint density at radius 1 is 1.00 bits per heavy atom. The van der Waals surface area contributed by atoms with Crippen molar-refractivity contribution in [3.8, 4) is 22.8 Å². The van der Waals surface area contributed by atoms with E-state index in [1.165, 1.54) is 24.3 Å². The molecule has 5 rings (SSSR count). The van der Waals surface area contributed by atoms with Crippen molar-refractivity contribution in [2.75, 3.05) is 5.32 Å². The number of benzene rings is 3. The van der Waals surface area contributed by atoms with Crippen molar-refractivity contribution in [2.45, 2.75) is 0 Å². The van der Waals surface area contributed by atoms with Gasteiger partial charge in [0.2, 0.25) is 11.8 Å². The van der Waals surface area contributed by atoms with E-state index < -0.39 is 5.91 Å². The lowest BCUT2D eigenvalue weighted by molar-refractivity contribution is -0.115. The molecule has 37 heavy (non-hydrogen) atoms. The highest BCUT2D eigenvalue weighted by Gasteiger charge is 2.12. The van der Waals surface area contributed by atoms with Gasteiger partial charge >= 0.3 is 0 Å². The SMILES string of the molecule is O=C(C=Cc1ccc(-c2cccc(Cl)c2Cl)o1)NC(=S)Nc1ccc2oc(-c3cccc(F)c3)nc2c1. The number of oxazole rings is 1. The van der Waals surface area contributed by atoms with Crippen LogP contribution < -0.4 is 10.6 Å². The Labute approximate surface area is 225 Å². The summed E-state index contributed by atoms with van der Waals surface area (Å²) < 4.78 is 25.0. The molecule has 2 heterocycles. The summed E-state index contributed by atoms with van der Waals surface area (Å²) >= 11 is 17.5. The van der Waals surface area contributed by atoms with Crippen LogP contribution in [0.2, 0.25) is 10.0 Å². The van der Waals surface area contributed by atoms with Gasteiger partial charge in [-0.1, -0.05) is 35.3 Å². The number of hydrogen-bond donors (Lipinski definition) is 2. The summed E-state index contributed by atoms with van der Waals surface area (Å²) in [7, 11) is 0. The topological polar surface area (TPSA) is 80.3 Å². The fourth-order valence-electron chi connectivity index (χ4n) is 3.51. The average Bonchev–Trinajstić information content (AvgIpc) is 3.51. The van der Waals surface area contributed by atoms with Crippen LogP contribution in [0.4, 0.5) is 10.1 Å². The zero-order chi connectivity index (χ0) is 25.9. The summed E-state index contributed by atoms with van der Waals surface area (Å²) in [6.45, 7) is 0. The average molecular weight is 552 g/mol. The van der Waals surface area contributed by atoms with Crippen LogP contribution in [0.3, 0.4) is 0 Å². The normalized spacial score (nSPS) is 11.2. The highest BCUT2D eigenvalue weighted by Crippen LogP contribution is 2.34. The summed E-state index contributed by atoms with van der Waals surface area (Å²) in [4.78, 5) is 16.7. The van der Waals surface area contributed by atoms with Gasteiger partial charge in [0.05, 0.1) is 10.0 Å². The van der Waals surface area contributed by atoms with Crippen LogP contribution in [-0.2, 0) is 4.79 Å². The molecule has 0 aliphatic heterocycles. The largest absolute Gasteiger partial charge is 0.457 e. The molecule has 0 bridgehead atoms. The van der Waals surface area contributed by atoms with E-state index in [0.29, 0.717) is 55.4 Å². The molecule has 3 aromatic carbocycles. The number of anilines is 1. The smallest absolute Gasteiger partial charge is 0.250 e. The van der Waals surface area contributed by atoms with E-state index in [9.17, 15) is 9.18 Å². The van der Waals surface area contributed by atoms with Gasteiger partial charge < -0.3 is 14.2 Å². The second kappa shape index (κ2) is 10.6. The third-order valence-electron chi connectivity index (χ3n) is 5.20. The van der Waals surface area contributed by atoms with Crippen molar-refractivity contribution in [1.82, 2.24) is 10.3 Å². The van der Waals surface area contributed by atoms with Gasteiger partial charge in [-0.25, -0.2) is 9.37 Å². The Kier molecular flexibility index (Phi) is 7.05. The predicted octanol–water partition coefficient (Wildman–Crippen LogP) is 7.73. The summed E-state index contributed by atoms with van der Waals surface area (Å²) in [5.74, 6) is 0.438. The minimum Gasteiger partial charge on any atom is -0.457 e. The van der Waals surface area contributed by atoms with Crippen LogP contribution in [0.25, 0.3) is 40.0 Å². The van der Waals surface area contributed by atoms with Gasteiger partial charge in [-0.2, -0.15) is 0 Å². The molecule has 0 saturated heterocycles. The first-order chi connectivity index (χ1) is 17.9. The standard InChI is InChI=1S/C27H16Cl2FN3O3S/c28-20-6-2-5-19(25(20)29)22-11-8-18(35-22)9-12-24(34)33-27(37)31-17-7-10-23-21(14-17)32-26(36-23)15-3-1-4-16(30)13-15/h1-14H,(H2,31,33,34,37). The number of hydrogen-bond acceptors (Lipinski definition) is 5. The number of thiocarbonyl (C=S) groups is 1. The lowest BCUT2D eigenvalue weighted by Gasteiger charge is -2.07. The summed E-state index contributed by atoms with van der Waals surface area (Å²) in [6.07, 6.45) is 2.80. The summed E-state index contributed by atoms with van der Waals surface area (Å²) in [6, 6.07) is 19.8. The first-order valence-corrected chi connectivity index (χ1v) is 12.0. The molecule has 2 aromatic heterocycles. The molecule has 0 aliphatic rings. The maximum absolute atomic E-state index is 13.5. The second-order valence-corrected chi connectivity index (χ2v) is 8.99. The van der Waals surface area contributed by atoms with E-state index in [1.54, 1.807) is 60.7 Å². The highest BCUT2D eigenvalue weighted by molar-refractivity contribution is 7.80. The Hall–Kier alpha value is -3.98. The monoisotopic (exact) mass is 551 g/mol. The fraction of sp³-hybridized carbons (Fsp3) is 0. The molecule has 0 unspecified atom stereocenters. The maximum atomic E-state index is 13.5. The van der Waals surface area contributed by atoms with Gasteiger partial charge in [0, 0.05) is 22.9 Å². The van der Waals surface area contributed by atoms with E-state index in [1.807, 2.05) is 0 Å². The first-order valence-electron chi connectivity index (χ1n) is 10.9. The number of nitrogens with one attached hydrogen (secondary N) is 2. The summed E-state index contributed by atoms with van der Waals surface area (Å²) in [5, 5.41) is 6.40. The molecule has 5 aromatic rings. The molecule has 2 N–H and O–H groups in total. The number of furan rings is 1. The fourth-order valence-corrected chi connectivity index (χ4v) is 4.12. The lowest BCUT2D eigenvalue weighted by Crippen LogP contribution is -2.32. The van der Waals surface area contributed by atoms with Gasteiger partial charge in [0.25, 0.3) is 0 Å². The van der Waals surface area contributed by atoms with Gasteiger partial charge in [-0.3, -0.25) is 10.1 Å². The van der Waals surface area contributed by atoms with E-state index in [-0.39, 0.29) is 10.9 Å². The molecule has 1 amide bonds. The molecule has 0 saturated carbocycles. The van der Waals surface area contributed by atoms with E-state index >= 15 is 0 Å². The molecular weight excluding hydrogens is 536 g/mol. The maximum Gasteiger partial charge on any atom is 0.250 e. The van der Waals surface area contributed by atoms with Gasteiger partial charge in [-0.15, -0.1) is 0 Å². The number of halogens is 3. The van der Waals surface area contributed by atoms with Crippen molar-refractivity contribution in [3.05, 3.63) is 100 Å². The van der Waals surface area contributed by atoms with E-state index in [4.69, 9.17) is 44.3 Å². The van der Waals surface area contributed by atoms with Crippen LogP contribution in [0.1, 0.15) is 5.76 Å². The number of rotatable bonds is 5. The second-order valence-electron chi connectivity index (χ2n) is 7.79. The minimum atomic E-state index is -0.452. The van der Waals surface area contributed by atoms with Crippen LogP contribution in [0, 0.1) is 5.82 Å². The molecule has 0 atom stereocenters. The Morgan fingerprint density at radius 2 is 1.84 bits per heavy atom. The van der Waals surface area contributed by atoms with Crippen LogP contribution >= 0.6 is 35.4 Å². The Bertz CT molecular complexity index is 1680. The molecule has 184 valence electrons. The van der Waals surface area contributed by atoms with Crippen molar-refractivity contribution in [3.63, 3.8) is 0 Å². The zero-order valence-corrected chi connectivity index (χ0v) is 21.1. The quantitative estimate of drug-likeness (QED) is 0.172. The number of carbonyl (C=O) groups is 1. The third kappa shape index (κ3) is 5.72. The molecule has 0 fully saturated rings. The van der Waals surface area contributed by atoms with Crippen LogP contribution in [0.5, 0.6) is 0 Å². The first kappa shape index (κ1) is 24.7. The third-order valence-corrected chi connectivity index (χ3v) is 6.22. The Balaban J connectivity index is 1.21. The number of fused-ring (bicyclic) bond motifs is 1. The van der Waals surface area contributed by atoms with E-state index in [2.05, 4.69) is 15.6 Å². The molecule has 0 spiro atoms. The number of carbonyl (C=O) groups excluding carboxylic acids is 1. The van der Waals surface area contributed by atoms with Gasteiger partial charge in [0.15, 0.2) is 10.7 Å². The van der Waals surface area contributed by atoms with Gasteiger partial charge in [-0.05, 0) is 79.0 Å². The van der Waals surface area contributed by atoms with Gasteiger partial charge in [0.1, 0.15) is 22.9 Å². The van der Waals surface area contributed by atoms with E-state index in [0.717, 1.165) is 0 Å². The molecular formula is C27H16Cl2FN3O3S. The van der Waals surface area contributed by atoms with Crippen LogP contribution in [0.15, 0.2) is 87.7 Å². The Morgan fingerprint density at radius 3 is 2.68 bits per heavy atom. The highest BCUT2D eigenvalue weighted by atomic mass is 35.5. The molecule has 6 nitrogen and oxygen atoms in total. The molecule has 0 radical (unpaired) electrons. The van der Waals surface area contributed by atoms with Crippen molar-refractivity contribution >= 4 is 69.3 Å². The summed E-state index contributed by atoms with van der Waals surface area (Å²) in [5.41, 5.74) is 2.84. The predicted molar refractivity (Wildman–Crippen MR) is 147 cm³/mol.